The van der Waals surface area contributed by atoms with Crippen molar-refractivity contribution in [1.29, 1.82) is 0 Å². The average Bonchev–Trinajstić information content (AvgIpc) is 2.39. The molecule has 6 nitrogen and oxygen atoms in total. The fourth-order valence-electron chi connectivity index (χ4n) is 1.93. The molecule has 1 aromatic heterocycles. The maximum Gasteiger partial charge on any atom is 0.152 e. The number of aromatic nitrogens is 2. The molecule has 0 amide bonds. The van der Waals surface area contributed by atoms with Gasteiger partial charge in [0.25, 0.3) is 0 Å². The van der Waals surface area contributed by atoms with Crippen molar-refractivity contribution in [3.8, 4) is 0 Å². The van der Waals surface area contributed by atoms with Gasteiger partial charge in [0, 0.05) is 32.7 Å². The van der Waals surface area contributed by atoms with Gasteiger partial charge in [-0.25, -0.2) is 9.97 Å². The SMILES string of the molecule is COCCNc1cc(N2CCCC(=O)C2)ncn1. The normalized spacial score (nSPS) is 15.8. The van der Waals surface area contributed by atoms with Gasteiger partial charge in [-0.05, 0) is 6.42 Å². The van der Waals surface area contributed by atoms with Crippen molar-refractivity contribution in [2.24, 2.45) is 0 Å². The van der Waals surface area contributed by atoms with Gasteiger partial charge in [-0.1, -0.05) is 0 Å². The van der Waals surface area contributed by atoms with Crippen LogP contribution in [0.25, 0.3) is 0 Å². The largest absolute Gasteiger partial charge is 0.383 e. The van der Waals surface area contributed by atoms with Crippen LogP contribution in [0.2, 0.25) is 0 Å². The van der Waals surface area contributed by atoms with Crippen LogP contribution in [-0.2, 0) is 9.53 Å². The molecule has 2 heterocycles. The van der Waals surface area contributed by atoms with Gasteiger partial charge < -0.3 is 15.0 Å². The lowest BCUT2D eigenvalue weighted by Crippen LogP contribution is -2.36. The number of piperidine rings is 1. The number of methoxy groups -OCH3 is 1. The van der Waals surface area contributed by atoms with Crippen molar-refractivity contribution in [1.82, 2.24) is 9.97 Å². The van der Waals surface area contributed by atoms with Crippen LogP contribution in [0.3, 0.4) is 0 Å². The Bertz CT molecular complexity index is 411. The Morgan fingerprint density at radius 3 is 3.17 bits per heavy atom. The van der Waals surface area contributed by atoms with E-state index in [-0.39, 0.29) is 5.78 Å². The number of Topliss-reactive ketones (excluding diaryl/α,β-unsaturated/α-hetero) is 1. The summed E-state index contributed by atoms with van der Waals surface area (Å²) < 4.78 is 4.96. The van der Waals surface area contributed by atoms with Crippen molar-refractivity contribution in [3.63, 3.8) is 0 Å². The molecule has 0 bridgehead atoms. The molecular weight excluding hydrogens is 232 g/mol. The molecule has 1 aliphatic rings. The Labute approximate surface area is 106 Å². The summed E-state index contributed by atoms with van der Waals surface area (Å²) in [5.74, 6) is 1.83. The summed E-state index contributed by atoms with van der Waals surface area (Å²) in [6.45, 7) is 2.65. The maximum atomic E-state index is 11.4. The molecule has 0 spiro atoms. The molecule has 2 rings (SSSR count). The molecule has 1 N–H and O–H groups in total. The van der Waals surface area contributed by atoms with E-state index in [0.29, 0.717) is 26.1 Å². The minimum Gasteiger partial charge on any atom is -0.383 e. The van der Waals surface area contributed by atoms with Crippen LogP contribution in [-0.4, -0.2) is 49.1 Å². The minimum atomic E-state index is 0.272. The van der Waals surface area contributed by atoms with Crippen molar-refractivity contribution in [2.45, 2.75) is 12.8 Å². The summed E-state index contributed by atoms with van der Waals surface area (Å²) in [6.07, 6.45) is 3.10. The van der Waals surface area contributed by atoms with E-state index in [0.717, 1.165) is 24.6 Å². The number of anilines is 2. The molecule has 0 saturated carbocycles. The lowest BCUT2D eigenvalue weighted by Gasteiger charge is -2.26. The number of ketones is 1. The number of carbonyl (C=O) groups is 1. The quantitative estimate of drug-likeness (QED) is 0.776. The first kappa shape index (κ1) is 12.8. The number of hydrogen-bond donors (Lipinski definition) is 1. The van der Waals surface area contributed by atoms with Gasteiger partial charge in [-0.15, -0.1) is 0 Å². The summed E-state index contributed by atoms with van der Waals surface area (Å²) >= 11 is 0. The Hall–Kier alpha value is -1.69. The zero-order chi connectivity index (χ0) is 12.8. The predicted octanol–water partition coefficient (Wildman–Crippen LogP) is 0.704. The van der Waals surface area contributed by atoms with Gasteiger partial charge in [0.05, 0.1) is 13.2 Å². The zero-order valence-corrected chi connectivity index (χ0v) is 10.6. The highest BCUT2D eigenvalue weighted by atomic mass is 16.5. The molecule has 0 atom stereocenters. The first-order valence-corrected chi connectivity index (χ1v) is 6.11. The molecule has 0 radical (unpaired) electrons. The summed E-state index contributed by atoms with van der Waals surface area (Å²) in [5.41, 5.74) is 0. The Morgan fingerprint density at radius 1 is 1.50 bits per heavy atom. The van der Waals surface area contributed by atoms with Gasteiger partial charge in [0.15, 0.2) is 5.78 Å². The third-order valence-electron chi connectivity index (χ3n) is 2.84. The molecule has 0 aromatic carbocycles. The summed E-state index contributed by atoms with van der Waals surface area (Å²) in [4.78, 5) is 21.8. The highest BCUT2D eigenvalue weighted by Crippen LogP contribution is 2.17. The van der Waals surface area contributed by atoms with Crippen LogP contribution in [0.4, 0.5) is 11.6 Å². The Kier molecular flexibility index (Phi) is 4.46. The van der Waals surface area contributed by atoms with Gasteiger partial charge in [0.1, 0.15) is 18.0 Å². The summed E-state index contributed by atoms with van der Waals surface area (Å²) in [6, 6.07) is 1.87. The third kappa shape index (κ3) is 3.40. The van der Waals surface area contributed by atoms with Crippen LogP contribution in [0, 0.1) is 0 Å². The number of carbonyl (C=O) groups excluding carboxylic acids is 1. The minimum absolute atomic E-state index is 0.272. The first-order chi connectivity index (χ1) is 8.79. The van der Waals surface area contributed by atoms with E-state index in [1.165, 1.54) is 6.33 Å². The molecule has 0 unspecified atom stereocenters. The standard InChI is InChI=1S/C12H18N4O2/c1-18-6-4-13-11-7-12(15-9-14-11)16-5-2-3-10(17)8-16/h7,9H,2-6,8H2,1H3,(H,13,14,15). The van der Waals surface area contributed by atoms with Crippen molar-refractivity contribution in [2.75, 3.05) is 43.6 Å². The number of nitrogens with one attached hydrogen (secondary N) is 1. The van der Waals surface area contributed by atoms with E-state index < -0.39 is 0 Å². The molecule has 1 aromatic rings. The van der Waals surface area contributed by atoms with Crippen molar-refractivity contribution < 1.29 is 9.53 Å². The molecular formula is C12H18N4O2. The predicted molar refractivity (Wildman–Crippen MR) is 68.9 cm³/mol. The second-order valence-electron chi connectivity index (χ2n) is 4.24. The molecule has 0 aliphatic carbocycles. The van der Waals surface area contributed by atoms with E-state index in [2.05, 4.69) is 15.3 Å². The lowest BCUT2D eigenvalue weighted by atomic mass is 10.1. The molecule has 98 valence electrons. The van der Waals surface area contributed by atoms with Gasteiger partial charge in [0.2, 0.25) is 0 Å². The van der Waals surface area contributed by atoms with E-state index in [1.54, 1.807) is 7.11 Å². The number of nitrogens with zero attached hydrogens (tertiary/aromatic N) is 3. The van der Waals surface area contributed by atoms with Gasteiger partial charge in [-0.3, -0.25) is 4.79 Å². The van der Waals surface area contributed by atoms with E-state index >= 15 is 0 Å². The monoisotopic (exact) mass is 250 g/mol. The van der Waals surface area contributed by atoms with Gasteiger partial charge in [-0.2, -0.15) is 0 Å². The second kappa shape index (κ2) is 6.30. The van der Waals surface area contributed by atoms with Crippen LogP contribution in [0.1, 0.15) is 12.8 Å². The highest BCUT2D eigenvalue weighted by molar-refractivity contribution is 5.84. The average molecular weight is 250 g/mol. The molecule has 1 aliphatic heterocycles. The van der Waals surface area contributed by atoms with Crippen LogP contribution in [0.15, 0.2) is 12.4 Å². The zero-order valence-electron chi connectivity index (χ0n) is 10.6. The van der Waals surface area contributed by atoms with E-state index in [9.17, 15) is 4.79 Å². The second-order valence-corrected chi connectivity index (χ2v) is 4.24. The maximum absolute atomic E-state index is 11.4. The smallest absolute Gasteiger partial charge is 0.152 e. The Balaban J connectivity index is 1.99. The molecule has 18 heavy (non-hydrogen) atoms. The topological polar surface area (TPSA) is 67.3 Å². The molecule has 1 saturated heterocycles. The number of ether oxygens (including phenoxy) is 1. The fourth-order valence-corrected chi connectivity index (χ4v) is 1.93. The summed E-state index contributed by atoms with van der Waals surface area (Å²) in [5, 5.41) is 3.15. The first-order valence-electron chi connectivity index (χ1n) is 6.11. The molecule has 1 fully saturated rings. The third-order valence-corrected chi connectivity index (χ3v) is 2.84. The van der Waals surface area contributed by atoms with Crippen LogP contribution in [0.5, 0.6) is 0 Å². The Morgan fingerprint density at radius 2 is 2.39 bits per heavy atom. The molecule has 6 heteroatoms. The fraction of sp³-hybridized carbons (Fsp3) is 0.583. The van der Waals surface area contributed by atoms with Gasteiger partial charge >= 0.3 is 0 Å². The lowest BCUT2D eigenvalue weighted by molar-refractivity contribution is -0.118. The van der Waals surface area contributed by atoms with E-state index in [1.807, 2.05) is 11.0 Å². The summed E-state index contributed by atoms with van der Waals surface area (Å²) in [7, 11) is 1.66. The van der Waals surface area contributed by atoms with Crippen LogP contribution >= 0.6 is 0 Å². The highest BCUT2D eigenvalue weighted by Gasteiger charge is 2.18. The number of hydrogen-bond acceptors (Lipinski definition) is 6. The van der Waals surface area contributed by atoms with Crippen LogP contribution < -0.4 is 10.2 Å². The number of rotatable bonds is 5. The van der Waals surface area contributed by atoms with E-state index in [4.69, 9.17) is 4.74 Å². The van der Waals surface area contributed by atoms with Crippen molar-refractivity contribution in [3.05, 3.63) is 12.4 Å². The van der Waals surface area contributed by atoms with Crippen molar-refractivity contribution >= 4 is 17.4 Å².